The highest BCUT2D eigenvalue weighted by Crippen LogP contribution is 2.28. The van der Waals surface area contributed by atoms with Crippen molar-refractivity contribution in [2.24, 2.45) is 4.99 Å². The second kappa shape index (κ2) is 11.4. The van der Waals surface area contributed by atoms with E-state index in [4.69, 9.17) is 0 Å². The zero-order valence-electron chi connectivity index (χ0n) is 20.3. The fourth-order valence-electron chi connectivity index (χ4n) is 3.29. The van der Waals surface area contributed by atoms with Crippen LogP contribution in [0.15, 0.2) is 120 Å². The van der Waals surface area contributed by atoms with Crippen molar-refractivity contribution in [3.63, 3.8) is 0 Å². The number of nitrogens with one attached hydrogen (secondary N) is 1. The maximum atomic E-state index is 12.3. The van der Waals surface area contributed by atoms with Crippen LogP contribution in [0.25, 0.3) is 5.70 Å². The molecule has 0 saturated carbocycles. The fraction of sp³-hybridized carbons (Fsp3) is 0.179. The van der Waals surface area contributed by atoms with E-state index in [1.54, 1.807) is 0 Å². The first-order valence-corrected chi connectivity index (χ1v) is 10.7. The van der Waals surface area contributed by atoms with E-state index in [1.165, 1.54) is 6.08 Å². The number of aliphatic imine (C=N–C) groups is 1. The van der Waals surface area contributed by atoms with Crippen molar-refractivity contribution in [3.05, 3.63) is 127 Å². The molecule has 1 aliphatic heterocycles. The van der Waals surface area contributed by atoms with Crippen molar-refractivity contribution in [1.29, 1.82) is 0 Å². The predicted octanol–water partition coefficient (Wildman–Crippen LogP) is 7.17. The number of rotatable bonds is 10. The molecule has 0 radical (unpaired) electrons. The van der Waals surface area contributed by atoms with E-state index in [9.17, 15) is 13.2 Å². The molecule has 0 amide bonds. The Kier molecular flexibility index (Phi) is 8.89. The molecule has 35 heavy (non-hydrogen) atoms. The van der Waals surface area contributed by atoms with Crippen LogP contribution >= 0.6 is 0 Å². The molecule has 2 rings (SSSR count). The molecular weight excluding hydrogens is 451 g/mol. The lowest BCUT2D eigenvalue weighted by atomic mass is 10.0. The summed E-state index contributed by atoms with van der Waals surface area (Å²) in [6.45, 7) is 23.6. The van der Waals surface area contributed by atoms with E-state index in [1.807, 2.05) is 51.2 Å². The summed E-state index contributed by atoms with van der Waals surface area (Å²) in [5, 5.41) is 3.06. The quantitative estimate of drug-likeness (QED) is 0.219. The molecule has 0 spiro atoms. The maximum absolute atomic E-state index is 12.3. The Balaban J connectivity index is 2.15. The van der Waals surface area contributed by atoms with Gasteiger partial charge in [0.25, 0.3) is 0 Å². The number of halogens is 3. The van der Waals surface area contributed by atoms with Crippen LogP contribution in [-0.2, 0) is 11.3 Å². The second-order valence-electron chi connectivity index (χ2n) is 7.87. The summed E-state index contributed by atoms with van der Waals surface area (Å²) >= 11 is 0. The lowest BCUT2D eigenvalue weighted by Crippen LogP contribution is -2.25. The molecule has 0 unspecified atom stereocenters. The van der Waals surface area contributed by atoms with Gasteiger partial charge < -0.3 is 15.0 Å². The van der Waals surface area contributed by atoms with Gasteiger partial charge in [-0.15, -0.1) is 13.2 Å². The molecular formula is C28H30F3N3O. The lowest BCUT2D eigenvalue weighted by Gasteiger charge is -2.32. The third-order valence-corrected chi connectivity index (χ3v) is 5.25. The van der Waals surface area contributed by atoms with Gasteiger partial charge in [-0.2, -0.15) is 0 Å². The van der Waals surface area contributed by atoms with Gasteiger partial charge in [0.2, 0.25) is 0 Å². The molecule has 0 aromatic heterocycles. The van der Waals surface area contributed by atoms with Crippen molar-refractivity contribution in [2.45, 2.75) is 26.8 Å². The molecule has 0 bridgehead atoms. The number of hydrogen-bond donors (Lipinski definition) is 1. The largest absolute Gasteiger partial charge is 0.573 e. The lowest BCUT2D eigenvalue weighted by molar-refractivity contribution is -0.303. The molecule has 0 aliphatic carbocycles. The standard InChI is InChI=1S/C28H30F3N3O/c1-18(12-14-20(3)35-28(29,30)31)21(4)33-23(6)27-15-13-19(2)34(24(27)7)17-25-10-9-11-26(16-25)22(5)32-8/h9-16,32H,1,3-5,7,17H2,2,6,8H3/b14-12-,33-23?. The summed E-state index contributed by atoms with van der Waals surface area (Å²) in [6, 6.07) is 8.10. The molecule has 1 aliphatic rings. The van der Waals surface area contributed by atoms with Crippen LogP contribution in [0.1, 0.15) is 25.0 Å². The molecule has 184 valence electrons. The molecule has 4 nitrogen and oxygen atoms in total. The summed E-state index contributed by atoms with van der Waals surface area (Å²) in [7, 11) is 1.83. The minimum absolute atomic E-state index is 0.295. The van der Waals surface area contributed by atoms with E-state index in [0.717, 1.165) is 39.9 Å². The molecule has 0 saturated heterocycles. The molecule has 7 heteroatoms. The number of hydrogen-bond acceptors (Lipinski definition) is 4. The van der Waals surface area contributed by atoms with E-state index in [0.29, 0.717) is 23.5 Å². The summed E-state index contributed by atoms with van der Waals surface area (Å²) < 4.78 is 40.5. The van der Waals surface area contributed by atoms with E-state index < -0.39 is 12.1 Å². The summed E-state index contributed by atoms with van der Waals surface area (Å²) in [6.07, 6.45) is 1.49. The van der Waals surface area contributed by atoms with Crippen LogP contribution in [0.5, 0.6) is 0 Å². The van der Waals surface area contributed by atoms with Gasteiger partial charge in [-0.1, -0.05) is 51.1 Å². The Hall–Kier alpha value is -4.00. The predicted molar refractivity (Wildman–Crippen MR) is 138 cm³/mol. The van der Waals surface area contributed by atoms with Gasteiger partial charge in [0, 0.05) is 42.0 Å². The van der Waals surface area contributed by atoms with Gasteiger partial charge >= 0.3 is 6.36 Å². The van der Waals surface area contributed by atoms with Crippen LogP contribution in [-0.4, -0.2) is 24.0 Å². The minimum atomic E-state index is -4.80. The van der Waals surface area contributed by atoms with Gasteiger partial charge in [0.1, 0.15) is 5.76 Å². The third-order valence-electron chi connectivity index (χ3n) is 5.25. The number of ether oxygens (including phenoxy) is 1. The maximum Gasteiger partial charge on any atom is 0.573 e. The zero-order valence-corrected chi connectivity index (χ0v) is 20.3. The van der Waals surface area contributed by atoms with E-state index in [2.05, 4.69) is 58.9 Å². The molecule has 1 heterocycles. The Labute approximate surface area is 205 Å². The van der Waals surface area contributed by atoms with Gasteiger partial charge in [0.15, 0.2) is 0 Å². The first kappa shape index (κ1) is 27.2. The van der Waals surface area contributed by atoms with Crippen molar-refractivity contribution < 1.29 is 17.9 Å². The SMILES string of the molecule is C=C(/C=C\C(=C)C(=C)N=C(C)C1=CC=C(C)N(Cc2cccc(C(=C)NC)c2)C1=C)OC(F)(F)F. The highest BCUT2D eigenvalue weighted by molar-refractivity contribution is 6.03. The van der Waals surface area contributed by atoms with Crippen LogP contribution in [0.2, 0.25) is 0 Å². The third kappa shape index (κ3) is 7.78. The minimum Gasteiger partial charge on any atom is -0.406 e. The Morgan fingerprint density at radius 1 is 1.14 bits per heavy atom. The van der Waals surface area contributed by atoms with Crippen molar-refractivity contribution in [3.8, 4) is 0 Å². The van der Waals surface area contributed by atoms with Crippen LogP contribution < -0.4 is 5.32 Å². The second-order valence-corrected chi connectivity index (χ2v) is 7.87. The normalized spacial score (nSPS) is 14.4. The topological polar surface area (TPSA) is 36.9 Å². The average Bonchev–Trinajstić information content (AvgIpc) is 2.78. The monoisotopic (exact) mass is 481 g/mol. The highest BCUT2D eigenvalue weighted by atomic mass is 19.4. The van der Waals surface area contributed by atoms with Gasteiger partial charge in [-0.25, -0.2) is 0 Å². The number of allylic oxidation sites excluding steroid dienone is 6. The van der Waals surface area contributed by atoms with Crippen molar-refractivity contribution in [2.75, 3.05) is 7.05 Å². The summed E-state index contributed by atoms with van der Waals surface area (Å²) in [5.74, 6) is -0.561. The Morgan fingerprint density at radius 3 is 2.46 bits per heavy atom. The summed E-state index contributed by atoms with van der Waals surface area (Å²) in [5.41, 5.74) is 6.80. The molecule has 1 N–H and O–H groups in total. The first-order chi connectivity index (χ1) is 16.3. The molecule has 1 aromatic carbocycles. The van der Waals surface area contributed by atoms with Crippen LogP contribution in [0.4, 0.5) is 13.2 Å². The first-order valence-electron chi connectivity index (χ1n) is 10.7. The number of nitrogens with zero attached hydrogens (tertiary/aromatic N) is 2. The average molecular weight is 482 g/mol. The fourth-order valence-corrected chi connectivity index (χ4v) is 3.29. The number of alkyl halides is 3. The van der Waals surface area contributed by atoms with E-state index in [-0.39, 0.29) is 0 Å². The smallest absolute Gasteiger partial charge is 0.406 e. The molecule has 0 atom stereocenters. The van der Waals surface area contributed by atoms with Crippen molar-refractivity contribution in [1.82, 2.24) is 10.2 Å². The zero-order chi connectivity index (χ0) is 26.3. The van der Waals surface area contributed by atoms with Crippen LogP contribution in [0, 0.1) is 0 Å². The molecule has 1 aromatic rings. The van der Waals surface area contributed by atoms with Gasteiger partial charge in [-0.3, -0.25) is 4.99 Å². The number of benzene rings is 1. The highest BCUT2D eigenvalue weighted by Gasteiger charge is 2.30. The van der Waals surface area contributed by atoms with Crippen LogP contribution in [0.3, 0.4) is 0 Å². The van der Waals surface area contributed by atoms with Crippen molar-refractivity contribution >= 4 is 11.4 Å². The van der Waals surface area contributed by atoms with Gasteiger partial charge in [-0.05, 0) is 60.9 Å². The van der Waals surface area contributed by atoms with Gasteiger partial charge in [0.05, 0.1) is 5.70 Å². The molecule has 0 fully saturated rings. The Morgan fingerprint density at radius 2 is 1.83 bits per heavy atom. The van der Waals surface area contributed by atoms with E-state index >= 15 is 0 Å². The summed E-state index contributed by atoms with van der Waals surface area (Å²) in [4.78, 5) is 6.58. The Bertz CT molecular complexity index is 1180.